The number of benzene rings is 1. The number of sulfonamides is 1. The summed E-state index contributed by atoms with van der Waals surface area (Å²) in [4.78, 5) is -1.08. The zero-order chi connectivity index (χ0) is 15.1. The van der Waals surface area contributed by atoms with E-state index in [-0.39, 0.29) is 18.6 Å². The Morgan fingerprint density at radius 2 is 1.80 bits per heavy atom. The van der Waals surface area contributed by atoms with Gasteiger partial charge in [-0.05, 0) is 12.5 Å². The molecule has 1 fully saturated rings. The van der Waals surface area contributed by atoms with Gasteiger partial charge in [0.05, 0.1) is 12.6 Å². The number of hydrogen-bond donors (Lipinski definition) is 1. The molecule has 0 spiro atoms. The maximum atomic E-state index is 13.5. The van der Waals surface area contributed by atoms with Crippen molar-refractivity contribution < 1.29 is 31.1 Å². The third-order valence-corrected chi connectivity index (χ3v) is 5.02. The van der Waals surface area contributed by atoms with Crippen LogP contribution in [-0.4, -0.2) is 43.2 Å². The van der Waals surface area contributed by atoms with Crippen LogP contribution in [0.3, 0.4) is 0 Å². The van der Waals surface area contributed by atoms with Crippen LogP contribution in [-0.2, 0) is 10.0 Å². The average Bonchev–Trinajstić information content (AvgIpc) is 2.75. The van der Waals surface area contributed by atoms with Gasteiger partial charge >= 0.3 is 0 Å². The summed E-state index contributed by atoms with van der Waals surface area (Å²) in [6.07, 6.45) is -1.74. The van der Waals surface area contributed by atoms with E-state index in [4.69, 9.17) is 5.11 Å². The molecule has 0 unspecified atom stereocenters. The van der Waals surface area contributed by atoms with Gasteiger partial charge in [0.15, 0.2) is 11.6 Å². The fraction of sp³-hybridized carbons (Fsp3) is 0.455. The van der Waals surface area contributed by atoms with E-state index in [1.54, 1.807) is 0 Å². The number of halogens is 4. The molecule has 1 aliphatic rings. The van der Waals surface area contributed by atoms with Gasteiger partial charge in [-0.1, -0.05) is 0 Å². The smallest absolute Gasteiger partial charge is 0.246 e. The second-order valence-electron chi connectivity index (χ2n) is 4.44. The van der Waals surface area contributed by atoms with Crippen LogP contribution >= 0.6 is 0 Å². The minimum atomic E-state index is -4.55. The summed E-state index contributed by atoms with van der Waals surface area (Å²) in [5.41, 5.74) is 0. The minimum Gasteiger partial charge on any atom is -0.395 e. The van der Waals surface area contributed by atoms with Crippen molar-refractivity contribution in [2.75, 3.05) is 13.2 Å². The number of aliphatic hydroxyl groups is 1. The Morgan fingerprint density at radius 3 is 2.40 bits per heavy atom. The van der Waals surface area contributed by atoms with E-state index < -0.39 is 57.7 Å². The molecule has 4 nitrogen and oxygen atoms in total. The van der Waals surface area contributed by atoms with E-state index in [2.05, 4.69) is 0 Å². The molecule has 1 saturated heterocycles. The maximum absolute atomic E-state index is 13.5. The highest BCUT2D eigenvalue weighted by molar-refractivity contribution is 7.89. The quantitative estimate of drug-likeness (QED) is 0.674. The largest absolute Gasteiger partial charge is 0.395 e. The topological polar surface area (TPSA) is 57.6 Å². The van der Waals surface area contributed by atoms with Crippen molar-refractivity contribution in [3.63, 3.8) is 0 Å². The summed E-state index contributed by atoms with van der Waals surface area (Å²) < 4.78 is 77.6. The average molecular weight is 313 g/mol. The van der Waals surface area contributed by atoms with Crippen LogP contribution in [0.15, 0.2) is 17.0 Å². The molecule has 1 aromatic rings. The first-order valence-corrected chi connectivity index (χ1v) is 7.12. The molecule has 0 bridgehead atoms. The fourth-order valence-corrected chi connectivity index (χ4v) is 3.83. The van der Waals surface area contributed by atoms with E-state index in [9.17, 15) is 26.0 Å². The molecule has 2 rings (SSSR count). The van der Waals surface area contributed by atoms with Crippen molar-refractivity contribution in [1.82, 2.24) is 4.31 Å². The molecule has 112 valence electrons. The molecular weight excluding hydrogens is 302 g/mol. The van der Waals surface area contributed by atoms with E-state index in [0.29, 0.717) is 4.31 Å². The van der Waals surface area contributed by atoms with Gasteiger partial charge in [0.1, 0.15) is 16.9 Å². The lowest BCUT2D eigenvalue weighted by Gasteiger charge is -2.22. The predicted octanol–water partition coefficient (Wildman–Crippen LogP) is 1.20. The van der Waals surface area contributed by atoms with Crippen LogP contribution < -0.4 is 0 Å². The van der Waals surface area contributed by atoms with Crippen LogP contribution in [0.4, 0.5) is 17.6 Å². The van der Waals surface area contributed by atoms with Crippen LogP contribution in [0, 0.1) is 17.5 Å². The number of alkyl halides is 1. The Morgan fingerprint density at radius 1 is 1.20 bits per heavy atom. The highest BCUT2D eigenvalue weighted by Gasteiger charge is 2.41. The summed E-state index contributed by atoms with van der Waals surface area (Å²) in [6.45, 7) is -1.21. The molecule has 0 aromatic heterocycles. The van der Waals surface area contributed by atoms with Crippen molar-refractivity contribution in [1.29, 1.82) is 0 Å². The summed E-state index contributed by atoms with van der Waals surface area (Å²) in [6, 6.07) is -0.735. The minimum absolute atomic E-state index is 0.110. The van der Waals surface area contributed by atoms with Crippen LogP contribution in [0.2, 0.25) is 0 Å². The van der Waals surface area contributed by atoms with Gasteiger partial charge in [0.25, 0.3) is 0 Å². The molecule has 1 aromatic carbocycles. The van der Waals surface area contributed by atoms with E-state index in [0.717, 1.165) is 0 Å². The first-order valence-electron chi connectivity index (χ1n) is 5.68. The molecule has 9 heteroatoms. The third-order valence-electron chi connectivity index (χ3n) is 3.09. The second-order valence-corrected chi connectivity index (χ2v) is 6.30. The van der Waals surface area contributed by atoms with Gasteiger partial charge in [-0.2, -0.15) is 4.31 Å². The molecule has 1 heterocycles. The summed E-state index contributed by atoms with van der Waals surface area (Å²) in [5.74, 6) is -4.52. The highest BCUT2D eigenvalue weighted by atomic mass is 32.2. The van der Waals surface area contributed by atoms with Crippen molar-refractivity contribution >= 4 is 10.0 Å². The first kappa shape index (κ1) is 15.2. The molecule has 0 radical (unpaired) electrons. The molecular formula is C11H11F4NO3S. The van der Waals surface area contributed by atoms with Gasteiger partial charge < -0.3 is 5.11 Å². The summed E-state index contributed by atoms with van der Waals surface area (Å²) in [7, 11) is -4.55. The first-order chi connectivity index (χ1) is 9.27. The SMILES string of the molecule is O=S(=O)(c1cc(F)c(F)cc1F)N1C[C@@H](F)C[C@H]1CO. The molecule has 20 heavy (non-hydrogen) atoms. The number of nitrogens with zero attached hydrogens (tertiary/aromatic N) is 1. The van der Waals surface area contributed by atoms with Gasteiger partial charge in [-0.3, -0.25) is 0 Å². The van der Waals surface area contributed by atoms with Crippen LogP contribution in [0.5, 0.6) is 0 Å². The predicted molar refractivity (Wildman–Crippen MR) is 60.6 cm³/mol. The lowest BCUT2D eigenvalue weighted by molar-refractivity contribution is 0.212. The monoisotopic (exact) mass is 313 g/mol. The molecule has 0 saturated carbocycles. The fourth-order valence-electron chi connectivity index (χ4n) is 2.12. The summed E-state index contributed by atoms with van der Waals surface area (Å²) in [5, 5.41) is 9.03. The van der Waals surface area contributed by atoms with Crippen LogP contribution in [0.1, 0.15) is 6.42 Å². The lowest BCUT2D eigenvalue weighted by Crippen LogP contribution is -2.38. The Hall–Kier alpha value is -1.19. The number of rotatable bonds is 3. The van der Waals surface area contributed by atoms with Crippen molar-refractivity contribution in [2.24, 2.45) is 0 Å². The number of aliphatic hydroxyl groups excluding tert-OH is 1. The van der Waals surface area contributed by atoms with E-state index in [1.165, 1.54) is 0 Å². The molecule has 0 aliphatic carbocycles. The van der Waals surface area contributed by atoms with Crippen molar-refractivity contribution in [2.45, 2.75) is 23.5 Å². The second kappa shape index (κ2) is 5.30. The molecule has 1 aliphatic heterocycles. The Balaban J connectivity index is 2.48. The lowest BCUT2D eigenvalue weighted by atomic mass is 10.2. The Kier molecular flexibility index (Phi) is 4.03. The third kappa shape index (κ3) is 2.52. The molecule has 1 N–H and O–H groups in total. The highest BCUT2D eigenvalue weighted by Crippen LogP contribution is 2.29. The van der Waals surface area contributed by atoms with Gasteiger partial charge in [-0.15, -0.1) is 0 Å². The zero-order valence-electron chi connectivity index (χ0n) is 10.1. The van der Waals surface area contributed by atoms with E-state index >= 15 is 0 Å². The summed E-state index contributed by atoms with van der Waals surface area (Å²) >= 11 is 0. The van der Waals surface area contributed by atoms with Crippen molar-refractivity contribution in [3.8, 4) is 0 Å². The van der Waals surface area contributed by atoms with Gasteiger partial charge in [0.2, 0.25) is 10.0 Å². The van der Waals surface area contributed by atoms with Crippen LogP contribution in [0.25, 0.3) is 0 Å². The maximum Gasteiger partial charge on any atom is 0.246 e. The van der Waals surface area contributed by atoms with Crippen molar-refractivity contribution in [3.05, 3.63) is 29.6 Å². The number of hydrogen-bond acceptors (Lipinski definition) is 3. The van der Waals surface area contributed by atoms with E-state index in [1.807, 2.05) is 0 Å². The Labute approximate surface area is 112 Å². The zero-order valence-corrected chi connectivity index (χ0v) is 10.9. The van der Waals surface area contributed by atoms with Gasteiger partial charge in [0, 0.05) is 12.6 Å². The standard InChI is InChI=1S/C11H11F4NO3S/c12-6-1-7(5-17)16(4-6)20(18,19)11-3-9(14)8(13)2-10(11)15/h2-3,6-7,17H,1,4-5H2/t6-,7-/m0/s1. The Bertz CT molecular complexity index is 622. The van der Waals surface area contributed by atoms with Gasteiger partial charge in [-0.25, -0.2) is 26.0 Å². The normalized spacial score (nSPS) is 24.2. The molecule has 0 amide bonds. The molecule has 2 atom stereocenters.